The van der Waals surface area contributed by atoms with E-state index in [9.17, 15) is 18.0 Å². The molecule has 0 radical (unpaired) electrons. The maximum atomic E-state index is 13.0. The Labute approximate surface area is 134 Å². The summed E-state index contributed by atoms with van der Waals surface area (Å²) in [6.07, 6.45) is -4.48. The van der Waals surface area contributed by atoms with Crippen molar-refractivity contribution in [3.05, 3.63) is 35.2 Å². The molecule has 0 aliphatic carbocycles. The monoisotopic (exact) mass is 345 g/mol. The van der Waals surface area contributed by atoms with Gasteiger partial charge in [-0.1, -0.05) is 18.2 Å². The number of methoxy groups -OCH3 is 1. The predicted molar refractivity (Wildman–Crippen MR) is 81.0 cm³/mol. The molecule has 1 unspecified atom stereocenters. The van der Waals surface area contributed by atoms with Crippen molar-refractivity contribution in [1.82, 2.24) is 4.98 Å². The quantitative estimate of drug-likeness (QED) is 0.873. The minimum atomic E-state index is -4.48. The third-order valence-electron chi connectivity index (χ3n) is 2.93. The van der Waals surface area contributed by atoms with Crippen LogP contribution in [-0.2, 0) is 15.7 Å². The number of ether oxygens (including phenoxy) is 1. The summed E-state index contributed by atoms with van der Waals surface area (Å²) in [7, 11) is 1.41. The Kier molecular flexibility index (Phi) is 5.34. The first kappa shape index (κ1) is 17.4. The first-order valence-electron chi connectivity index (χ1n) is 6.50. The lowest BCUT2D eigenvalue weighted by Gasteiger charge is -2.11. The Morgan fingerprint density at radius 2 is 2.13 bits per heavy atom. The van der Waals surface area contributed by atoms with E-state index in [0.717, 1.165) is 17.4 Å². The fourth-order valence-corrected chi connectivity index (χ4v) is 2.58. The Bertz CT molecular complexity index is 688. The van der Waals surface area contributed by atoms with E-state index in [1.807, 2.05) is 0 Å². The van der Waals surface area contributed by atoms with Gasteiger partial charge in [0.25, 0.3) is 0 Å². The van der Waals surface area contributed by atoms with Gasteiger partial charge in [-0.15, -0.1) is 11.3 Å². The molecule has 0 saturated heterocycles. The Morgan fingerprint density at radius 1 is 1.43 bits per heavy atom. The number of amides is 1. The summed E-state index contributed by atoms with van der Waals surface area (Å²) < 4.78 is 43.8. The highest BCUT2D eigenvalue weighted by Crippen LogP contribution is 2.37. The predicted octanol–water partition coefficient (Wildman–Crippen LogP) is 2.74. The van der Waals surface area contributed by atoms with Gasteiger partial charge in [0, 0.05) is 18.1 Å². The number of alkyl halides is 3. The van der Waals surface area contributed by atoms with Crippen LogP contribution < -0.4 is 11.1 Å². The third-order valence-corrected chi connectivity index (χ3v) is 3.68. The number of halogens is 3. The second kappa shape index (κ2) is 7.07. The highest BCUT2D eigenvalue weighted by Gasteiger charge is 2.33. The van der Waals surface area contributed by atoms with E-state index in [1.54, 1.807) is 0 Å². The van der Waals surface area contributed by atoms with E-state index in [2.05, 4.69) is 10.3 Å². The van der Waals surface area contributed by atoms with Crippen LogP contribution in [0.5, 0.6) is 0 Å². The van der Waals surface area contributed by atoms with E-state index < -0.39 is 23.7 Å². The van der Waals surface area contributed by atoms with E-state index in [-0.39, 0.29) is 23.0 Å². The Hall–Kier alpha value is -1.97. The summed E-state index contributed by atoms with van der Waals surface area (Å²) in [5.41, 5.74) is 4.88. The van der Waals surface area contributed by atoms with Gasteiger partial charge in [-0.25, -0.2) is 4.98 Å². The number of nitrogens with one attached hydrogen (secondary N) is 1. The second-order valence-electron chi connectivity index (χ2n) is 4.63. The number of thiazole rings is 1. The molecule has 1 atom stereocenters. The highest BCUT2D eigenvalue weighted by molar-refractivity contribution is 7.14. The van der Waals surface area contributed by atoms with Crippen molar-refractivity contribution in [2.24, 2.45) is 5.73 Å². The zero-order valence-corrected chi connectivity index (χ0v) is 12.9. The fraction of sp³-hybridized carbons (Fsp3) is 0.286. The molecule has 0 aliphatic rings. The van der Waals surface area contributed by atoms with Crippen LogP contribution in [0.4, 0.5) is 18.3 Å². The van der Waals surface area contributed by atoms with Crippen molar-refractivity contribution in [3.63, 3.8) is 0 Å². The van der Waals surface area contributed by atoms with Crippen molar-refractivity contribution >= 4 is 22.4 Å². The van der Waals surface area contributed by atoms with Crippen molar-refractivity contribution in [3.8, 4) is 11.3 Å². The summed E-state index contributed by atoms with van der Waals surface area (Å²) in [4.78, 5) is 15.8. The van der Waals surface area contributed by atoms with Gasteiger partial charge >= 0.3 is 6.18 Å². The summed E-state index contributed by atoms with van der Waals surface area (Å²) in [5, 5.41) is 4.08. The van der Waals surface area contributed by atoms with Crippen LogP contribution in [0.3, 0.4) is 0 Å². The number of nitrogens with two attached hydrogens (primary N) is 1. The van der Waals surface area contributed by atoms with Crippen LogP contribution >= 0.6 is 11.3 Å². The molecule has 0 fully saturated rings. The number of carbonyl (C=O) groups is 1. The number of nitrogens with zero attached hydrogens (tertiary/aromatic N) is 1. The molecule has 1 heterocycles. The van der Waals surface area contributed by atoms with Crippen LogP contribution in [0.2, 0.25) is 0 Å². The van der Waals surface area contributed by atoms with E-state index in [4.69, 9.17) is 10.5 Å². The van der Waals surface area contributed by atoms with Gasteiger partial charge in [-0.05, 0) is 6.07 Å². The molecule has 9 heteroatoms. The summed E-state index contributed by atoms with van der Waals surface area (Å²) in [5.74, 6) is -0.517. The fourth-order valence-electron chi connectivity index (χ4n) is 1.86. The molecule has 0 aliphatic heterocycles. The van der Waals surface area contributed by atoms with E-state index in [1.165, 1.54) is 30.7 Å². The molecule has 0 bridgehead atoms. The molecule has 1 aromatic carbocycles. The minimum absolute atomic E-state index is 0.0287. The molecule has 1 aromatic heterocycles. The number of rotatable bonds is 5. The molecular weight excluding hydrogens is 331 g/mol. The molecule has 0 saturated carbocycles. The van der Waals surface area contributed by atoms with Crippen LogP contribution in [0.1, 0.15) is 5.56 Å². The molecule has 1 amide bonds. The Balaban J connectivity index is 2.22. The smallest absolute Gasteiger partial charge is 0.383 e. The number of carbonyl (C=O) groups excluding carboxylic acids is 1. The average Bonchev–Trinajstić information content (AvgIpc) is 2.95. The second-order valence-corrected chi connectivity index (χ2v) is 5.49. The summed E-state index contributed by atoms with van der Waals surface area (Å²) in [6.45, 7) is 0.0287. The third kappa shape index (κ3) is 4.27. The van der Waals surface area contributed by atoms with Gasteiger partial charge in [-0.2, -0.15) is 13.2 Å². The van der Waals surface area contributed by atoms with Gasteiger partial charge in [-0.3, -0.25) is 4.79 Å². The van der Waals surface area contributed by atoms with Crippen LogP contribution in [0.25, 0.3) is 11.3 Å². The molecule has 2 aromatic rings. The number of aromatic nitrogens is 1. The first-order chi connectivity index (χ1) is 10.8. The van der Waals surface area contributed by atoms with Crippen LogP contribution in [0.15, 0.2) is 29.6 Å². The van der Waals surface area contributed by atoms with E-state index in [0.29, 0.717) is 0 Å². The van der Waals surface area contributed by atoms with Crippen LogP contribution in [0, 0.1) is 0 Å². The van der Waals surface area contributed by atoms with Gasteiger partial charge in [0.15, 0.2) is 5.13 Å². The van der Waals surface area contributed by atoms with Crippen molar-refractivity contribution in [1.29, 1.82) is 0 Å². The van der Waals surface area contributed by atoms with Crippen molar-refractivity contribution < 1.29 is 22.7 Å². The lowest BCUT2D eigenvalue weighted by molar-refractivity contribution is -0.137. The highest BCUT2D eigenvalue weighted by atomic mass is 32.1. The van der Waals surface area contributed by atoms with E-state index >= 15 is 0 Å². The number of benzene rings is 1. The molecule has 124 valence electrons. The molecule has 0 spiro atoms. The molecule has 3 N–H and O–H groups in total. The maximum absolute atomic E-state index is 13.0. The number of anilines is 1. The van der Waals surface area contributed by atoms with Crippen LogP contribution in [-0.4, -0.2) is 30.6 Å². The SMILES string of the molecule is COCC(N)C(=O)Nc1nc(-c2ccccc2C(F)(F)F)cs1. The molecule has 23 heavy (non-hydrogen) atoms. The number of hydrogen-bond donors (Lipinski definition) is 2. The topological polar surface area (TPSA) is 77.2 Å². The van der Waals surface area contributed by atoms with Gasteiger partial charge in [0.1, 0.15) is 6.04 Å². The van der Waals surface area contributed by atoms with Crippen molar-refractivity contribution in [2.75, 3.05) is 19.0 Å². The maximum Gasteiger partial charge on any atom is 0.417 e. The molecule has 5 nitrogen and oxygen atoms in total. The minimum Gasteiger partial charge on any atom is -0.383 e. The number of hydrogen-bond acceptors (Lipinski definition) is 5. The molecule has 2 rings (SSSR count). The normalized spacial score (nSPS) is 12.9. The van der Waals surface area contributed by atoms with Crippen molar-refractivity contribution in [2.45, 2.75) is 12.2 Å². The average molecular weight is 345 g/mol. The lowest BCUT2D eigenvalue weighted by Crippen LogP contribution is -2.39. The zero-order chi connectivity index (χ0) is 17.0. The standard InChI is InChI=1S/C14H14F3N3O2S/c1-22-6-10(18)12(21)20-13-19-11(7-23-13)8-4-2-3-5-9(8)14(15,16)17/h2-5,7,10H,6,18H2,1H3,(H,19,20,21). The summed E-state index contributed by atoms with van der Waals surface area (Å²) >= 11 is 1.02. The van der Waals surface area contributed by atoms with Gasteiger partial charge in [0.05, 0.1) is 17.9 Å². The Morgan fingerprint density at radius 3 is 2.78 bits per heavy atom. The zero-order valence-electron chi connectivity index (χ0n) is 12.1. The van der Waals surface area contributed by atoms with Gasteiger partial charge < -0.3 is 15.8 Å². The lowest BCUT2D eigenvalue weighted by atomic mass is 10.1. The molecular formula is C14H14F3N3O2S. The first-order valence-corrected chi connectivity index (χ1v) is 7.38. The van der Waals surface area contributed by atoms with Gasteiger partial charge in [0.2, 0.25) is 5.91 Å². The summed E-state index contributed by atoms with van der Waals surface area (Å²) in [6, 6.07) is 4.25. The largest absolute Gasteiger partial charge is 0.417 e.